The van der Waals surface area contributed by atoms with Crippen molar-refractivity contribution in [3.05, 3.63) is 0 Å². The van der Waals surface area contributed by atoms with E-state index in [9.17, 15) is 4.79 Å². The Kier molecular flexibility index (Phi) is 11.4. The Hall–Kier alpha value is 0.730. The van der Waals surface area contributed by atoms with Crippen molar-refractivity contribution in [3.8, 4) is 0 Å². The van der Waals surface area contributed by atoms with Crippen LogP contribution in [0.15, 0.2) is 0 Å². The standard InChI is InChI=1S/C8H16O2.Ca.2H/c1-4-5-6-7(2)8(9)10-3;;;/h7H,4-6H2,1-3H3;;;. The Morgan fingerprint density at radius 1 is 1.55 bits per heavy atom. The average Bonchev–Trinajstić information content (AvgIpc) is 1.98. The van der Waals surface area contributed by atoms with E-state index < -0.39 is 0 Å². The van der Waals surface area contributed by atoms with Gasteiger partial charge in [0.25, 0.3) is 0 Å². The summed E-state index contributed by atoms with van der Waals surface area (Å²) >= 11 is 0. The molecule has 0 saturated carbocycles. The van der Waals surface area contributed by atoms with Crippen LogP contribution >= 0.6 is 0 Å². The first-order valence-electron chi connectivity index (χ1n) is 3.80. The van der Waals surface area contributed by atoms with Crippen LogP contribution < -0.4 is 0 Å². The van der Waals surface area contributed by atoms with Gasteiger partial charge in [-0.15, -0.1) is 0 Å². The molecule has 1 atom stereocenters. The molecule has 0 saturated heterocycles. The Bertz CT molecular complexity index is 104. The number of ether oxygens (including phenoxy) is 1. The van der Waals surface area contributed by atoms with Gasteiger partial charge in [-0.3, -0.25) is 4.79 Å². The monoisotopic (exact) mass is 186 g/mol. The number of carbonyl (C=O) groups excluding carboxylic acids is 1. The first-order valence-corrected chi connectivity index (χ1v) is 3.80. The molecule has 0 aromatic heterocycles. The zero-order valence-electron chi connectivity index (χ0n) is 7.02. The molecule has 0 amide bonds. The molecule has 0 aliphatic heterocycles. The van der Waals surface area contributed by atoms with Crippen LogP contribution in [0.2, 0.25) is 0 Å². The number of rotatable bonds is 4. The zero-order chi connectivity index (χ0) is 7.98. The second-order valence-electron chi connectivity index (χ2n) is 2.57. The molecule has 0 spiro atoms. The molecule has 0 N–H and O–H groups in total. The van der Waals surface area contributed by atoms with Crippen LogP contribution in [0.25, 0.3) is 0 Å². The number of hydrogen-bond acceptors (Lipinski definition) is 2. The third-order valence-corrected chi connectivity index (χ3v) is 1.59. The van der Waals surface area contributed by atoms with E-state index in [4.69, 9.17) is 0 Å². The van der Waals surface area contributed by atoms with E-state index >= 15 is 0 Å². The first-order chi connectivity index (χ1) is 4.72. The quantitative estimate of drug-likeness (QED) is 0.485. The van der Waals surface area contributed by atoms with Crippen LogP contribution in [0.4, 0.5) is 0 Å². The van der Waals surface area contributed by atoms with Crippen LogP contribution in [-0.4, -0.2) is 50.8 Å². The van der Waals surface area contributed by atoms with Gasteiger partial charge in [0.05, 0.1) is 13.0 Å². The summed E-state index contributed by atoms with van der Waals surface area (Å²) in [5.74, 6) is -0.0154. The number of hydrogen-bond donors (Lipinski definition) is 0. The van der Waals surface area contributed by atoms with Gasteiger partial charge in [-0.25, -0.2) is 0 Å². The molecule has 0 radical (unpaired) electrons. The molecule has 1 unspecified atom stereocenters. The molecule has 0 aromatic rings. The van der Waals surface area contributed by atoms with Crippen molar-refractivity contribution in [1.82, 2.24) is 0 Å². The summed E-state index contributed by atoms with van der Waals surface area (Å²) in [6.45, 7) is 4.02. The minimum atomic E-state index is -0.0894. The molecule has 0 rings (SSSR count). The normalized spacial score (nSPS) is 11.5. The molecule has 0 bridgehead atoms. The van der Waals surface area contributed by atoms with Gasteiger partial charge in [-0.05, 0) is 6.42 Å². The van der Waals surface area contributed by atoms with Crippen LogP contribution in [-0.2, 0) is 9.53 Å². The predicted molar refractivity (Wildman–Crippen MR) is 49.2 cm³/mol. The maximum absolute atomic E-state index is 10.8. The Morgan fingerprint density at radius 3 is 2.45 bits per heavy atom. The topological polar surface area (TPSA) is 26.3 Å². The van der Waals surface area contributed by atoms with E-state index in [-0.39, 0.29) is 49.6 Å². The van der Waals surface area contributed by atoms with Crippen molar-refractivity contribution < 1.29 is 9.53 Å². The molecule has 11 heavy (non-hydrogen) atoms. The summed E-state index contributed by atoms with van der Waals surface area (Å²) in [6.07, 6.45) is 3.20. The van der Waals surface area contributed by atoms with Crippen molar-refractivity contribution >= 4 is 43.7 Å². The van der Waals surface area contributed by atoms with E-state index in [1.807, 2.05) is 6.92 Å². The molecule has 0 aliphatic carbocycles. The van der Waals surface area contributed by atoms with Gasteiger partial charge < -0.3 is 4.74 Å². The molecule has 0 aromatic carbocycles. The third kappa shape index (κ3) is 7.10. The first kappa shape index (κ1) is 14.3. The minimum absolute atomic E-state index is 0. The van der Waals surface area contributed by atoms with Gasteiger partial charge in [0.15, 0.2) is 0 Å². The van der Waals surface area contributed by atoms with Crippen LogP contribution in [0.5, 0.6) is 0 Å². The zero-order valence-corrected chi connectivity index (χ0v) is 7.02. The van der Waals surface area contributed by atoms with Gasteiger partial charge in [0, 0.05) is 0 Å². The second-order valence-corrected chi connectivity index (χ2v) is 2.57. The molecular formula is C8H18CaO2. The van der Waals surface area contributed by atoms with Crippen LogP contribution in [0.3, 0.4) is 0 Å². The summed E-state index contributed by atoms with van der Waals surface area (Å²) in [6, 6.07) is 0. The van der Waals surface area contributed by atoms with E-state index in [1.54, 1.807) is 0 Å². The van der Waals surface area contributed by atoms with Crippen molar-refractivity contribution in [3.63, 3.8) is 0 Å². The van der Waals surface area contributed by atoms with E-state index in [0.717, 1.165) is 19.3 Å². The summed E-state index contributed by atoms with van der Waals surface area (Å²) < 4.78 is 4.57. The van der Waals surface area contributed by atoms with Crippen molar-refractivity contribution in [2.45, 2.75) is 33.1 Å². The predicted octanol–water partition coefficient (Wildman–Crippen LogP) is 1.07. The number of esters is 1. The maximum atomic E-state index is 10.8. The van der Waals surface area contributed by atoms with E-state index in [2.05, 4.69) is 11.7 Å². The van der Waals surface area contributed by atoms with Crippen molar-refractivity contribution in [2.24, 2.45) is 5.92 Å². The SMILES string of the molecule is CCCCC(C)C(=O)OC.[CaH2]. The summed E-state index contributed by atoms with van der Waals surface area (Å²) in [7, 11) is 1.44. The van der Waals surface area contributed by atoms with Gasteiger partial charge in [-0.1, -0.05) is 26.7 Å². The third-order valence-electron chi connectivity index (χ3n) is 1.59. The molecule has 0 aliphatic rings. The Morgan fingerprint density at radius 2 is 2.09 bits per heavy atom. The molecule has 64 valence electrons. The van der Waals surface area contributed by atoms with E-state index in [0.29, 0.717) is 0 Å². The van der Waals surface area contributed by atoms with Gasteiger partial charge in [-0.2, -0.15) is 0 Å². The number of methoxy groups -OCH3 is 1. The fourth-order valence-electron chi connectivity index (χ4n) is 0.829. The van der Waals surface area contributed by atoms with E-state index in [1.165, 1.54) is 7.11 Å². The fourth-order valence-corrected chi connectivity index (χ4v) is 0.829. The Labute approximate surface area is 98.7 Å². The molecular weight excluding hydrogens is 168 g/mol. The molecule has 0 fully saturated rings. The van der Waals surface area contributed by atoms with Gasteiger partial charge in [0.2, 0.25) is 0 Å². The summed E-state index contributed by atoms with van der Waals surface area (Å²) in [4.78, 5) is 10.8. The fraction of sp³-hybridized carbons (Fsp3) is 0.875. The second kappa shape index (κ2) is 8.82. The van der Waals surface area contributed by atoms with Crippen molar-refractivity contribution in [2.75, 3.05) is 7.11 Å². The number of carbonyl (C=O) groups is 1. The molecule has 3 heteroatoms. The molecule has 0 heterocycles. The van der Waals surface area contributed by atoms with Gasteiger partial charge >= 0.3 is 43.7 Å². The van der Waals surface area contributed by atoms with Crippen LogP contribution in [0.1, 0.15) is 33.1 Å². The molecule has 2 nitrogen and oxygen atoms in total. The number of unbranched alkanes of at least 4 members (excludes halogenated alkanes) is 1. The Balaban J connectivity index is 0. The van der Waals surface area contributed by atoms with Gasteiger partial charge in [0.1, 0.15) is 0 Å². The van der Waals surface area contributed by atoms with Crippen molar-refractivity contribution in [1.29, 1.82) is 0 Å². The average molecular weight is 186 g/mol. The van der Waals surface area contributed by atoms with Crippen LogP contribution in [0, 0.1) is 5.92 Å². The summed E-state index contributed by atoms with van der Waals surface area (Å²) in [5, 5.41) is 0. The summed E-state index contributed by atoms with van der Waals surface area (Å²) in [5.41, 5.74) is 0.